The molecule has 5 heteroatoms. The van der Waals surface area contributed by atoms with Crippen molar-refractivity contribution >= 4 is 17.2 Å². The lowest BCUT2D eigenvalue weighted by Gasteiger charge is -2.32. The average Bonchev–Trinajstić information content (AvgIpc) is 2.91. The number of benzene rings is 2. The van der Waals surface area contributed by atoms with E-state index in [1.807, 2.05) is 83.3 Å². The van der Waals surface area contributed by atoms with E-state index in [4.69, 9.17) is 0 Å². The van der Waals surface area contributed by atoms with Crippen LogP contribution in [0.5, 0.6) is 0 Å². The molecule has 1 amide bonds. The van der Waals surface area contributed by atoms with Crippen molar-refractivity contribution in [3.05, 3.63) is 100 Å². The van der Waals surface area contributed by atoms with Crippen molar-refractivity contribution < 1.29 is 4.79 Å². The molecule has 0 radical (unpaired) electrons. The summed E-state index contributed by atoms with van der Waals surface area (Å²) in [4.78, 5) is 21.6. The molecule has 1 aliphatic rings. The Morgan fingerprint density at radius 3 is 2.18 bits per heavy atom. The molecule has 4 rings (SSSR count). The van der Waals surface area contributed by atoms with Crippen molar-refractivity contribution in [1.82, 2.24) is 14.8 Å². The first-order chi connectivity index (χ1) is 18.1. The van der Waals surface area contributed by atoms with E-state index in [1.165, 1.54) is 42.9 Å². The van der Waals surface area contributed by atoms with E-state index in [0.29, 0.717) is 5.56 Å². The molecule has 5 nitrogen and oxygen atoms in total. The Kier molecular flexibility index (Phi) is 12.4. The minimum absolute atomic E-state index is 0.0956. The first-order valence-corrected chi connectivity index (χ1v) is 13.6. The quantitative estimate of drug-likeness (QED) is 0.396. The fourth-order valence-electron chi connectivity index (χ4n) is 4.09. The van der Waals surface area contributed by atoms with Gasteiger partial charge < -0.3 is 10.2 Å². The summed E-state index contributed by atoms with van der Waals surface area (Å²) in [5.74, 6) is -0.0956. The Balaban J connectivity index is 0.000000256. The van der Waals surface area contributed by atoms with E-state index in [-0.39, 0.29) is 5.91 Å². The zero-order valence-corrected chi connectivity index (χ0v) is 24.7. The summed E-state index contributed by atoms with van der Waals surface area (Å²) in [6.07, 6.45) is 2.01. The summed E-state index contributed by atoms with van der Waals surface area (Å²) < 4.78 is 0. The first-order valence-electron chi connectivity index (χ1n) is 13.6. The van der Waals surface area contributed by atoms with Gasteiger partial charge in [0.2, 0.25) is 0 Å². The third kappa shape index (κ3) is 9.23. The fourth-order valence-corrected chi connectivity index (χ4v) is 4.09. The van der Waals surface area contributed by atoms with Gasteiger partial charge in [0.25, 0.3) is 5.91 Å². The molecule has 0 unspecified atom stereocenters. The van der Waals surface area contributed by atoms with Crippen LogP contribution in [0.25, 0.3) is 5.57 Å². The van der Waals surface area contributed by atoms with Gasteiger partial charge in [-0.15, -0.1) is 0 Å². The van der Waals surface area contributed by atoms with Crippen LogP contribution in [0.15, 0.2) is 61.3 Å². The van der Waals surface area contributed by atoms with Crippen LogP contribution in [0.4, 0.5) is 5.69 Å². The average molecular weight is 515 g/mol. The van der Waals surface area contributed by atoms with E-state index in [0.717, 1.165) is 34.6 Å². The third-order valence-electron chi connectivity index (χ3n) is 6.80. The van der Waals surface area contributed by atoms with Crippen LogP contribution in [0.3, 0.4) is 0 Å². The zero-order valence-electron chi connectivity index (χ0n) is 24.7. The van der Waals surface area contributed by atoms with Gasteiger partial charge in [-0.05, 0) is 87.7 Å². The molecule has 38 heavy (non-hydrogen) atoms. The Bertz CT molecular complexity index is 1210. The number of anilines is 1. The third-order valence-corrected chi connectivity index (χ3v) is 6.80. The summed E-state index contributed by atoms with van der Waals surface area (Å²) in [7, 11) is 2.19. The molecule has 2 heterocycles. The normalized spacial score (nSPS) is 13.5. The predicted molar refractivity (Wildman–Crippen MR) is 163 cm³/mol. The summed E-state index contributed by atoms with van der Waals surface area (Å²) >= 11 is 0. The monoisotopic (exact) mass is 514 g/mol. The van der Waals surface area contributed by atoms with Gasteiger partial charge in [-0.1, -0.05) is 50.8 Å². The van der Waals surface area contributed by atoms with Crippen molar-refractivity contribution in [3.8, 4) is 0 Å². The number of nitrogens with zero attached hydrogens (tertiary/aromatic N) is 3. The van der Waals surface area contributed by atoms with E-state index in [2.05, 4.69) is 53.6 Å². The molecule has 1 fully saturated rings. The van der Waals surface area contributed by atoms with Crippen LogP contribution in [0.1, 0.15) is 64.6 Å². The molecule has 0 saturated carbocycles. The van der Waals surface area contributed by atoms with Gasteiger partial charge in [0.1, 0.15) is 0 Å². The molecule has 2 aromatic carbocycles. The Morgan fingerprint density at radius 1 is 0.921 bits per heavy atom. The molecule has 204 valence electrons. The Morgan fingerprint density at radius 2 is 1.58 bits per heavy atom. The fraction of sp³-hybridized carbons (Fsp3) is 0.394. The lowest BCUT2D eigenvalue weighted by Crippen LogP contribution is -2.43. The van der Waals surface area contributed by atoms with Gasteiger partial charge in [0.15, 0.2) is 0 Å². The Hall–Kier alpha value is -3.28. The smallest absolute Gasteiger partial charge is 0.255 e. The van der Waals surface area contributed by atoms with Crippen LogP contribution in [-0.2, 0) is 6.54 Å². The maximum atomic E-state index is 12.3. The zero-order chi connectivity index (χ0) is 28.2. The minimum Gasteiger partial charge on any atom is -0.321 e. The van der Waals surface area contributed by atoms with Crippen LogP contribution in [0.2, 0.25) is 0 Å². The second-order valence-electron chi connectivity index (χ2n) is 9.90. The SMILES string of the molecule is C=C(C)c1ccccc1NC(=O)c1ccc(C)c(C)c1.CC.Cc1cc(CN2CCN(C)CC2)cnc1C. The number of nitrogens with one attached hydrogen (secondary N) is 1. The molecule has 1 saturated heterocycles. The number of aryl methyl sites for hydroxylation is 4. The maximum absolute atomic E-state index is 12.3. The lowest BCUT2D eigenvalue weighted by atomic mass is 10.0. The molecular weight excluding hydrogens is 468 g/mol. The van der Waals surface area contributed by atoms with Gasteiger partial charge in [-0.25, -0.2) is 0 Å². The first kappa shape index (κ1) is 30.9. The van der Waals surface area contributed by atoms with Gasteiger partial charge in [0, 0.05) is 61.4 Å². The summed E-state index contributed by atoms with van der Waals surface area (Å²) in [5, 5.41) is 2.96. The number of hydrogen-bond acceptors (Lipinski definition) is 4. The number of likely N-dealkylation sites (N-methyl/N-ethyl adjacent to an activating group) is 1. The van der Waals surface area contributed by atoms with Crippen molar-refractivity contribution in [2.75, 3.05) is 38.5 Å². The number of para-hydroxylation sites is 1. The highest BCUT2D eigenvalue weighted by molar-refractivity contribution is 6.05. The number of hydrogen-bond donors (Lipinski definition) is 1. The molecule has 0 atom stereocenters. The Labute approximate surface area is 230 Å². The molecular formula is C33H46N4O. The number of carbonyl (C=O) groups is 1. The lowest BCUT2D eigenvalue weighted by molar-refractivity contribution is 0.102. The summed E-state index contributed by atoms with van der Waals surface area (Å²) in [6, 6.07) is 15.7. The second-order valence-corrected chi connectivity index (χ2v) is 9.90. The van der Waals surface area contributed by atoms with Crippen LogP contribution < -0.4 is 5.32 Å². The predicted octanol–water partition coefficient (Wildman–Crippen LogP) is 7.06. The highest BCUT2D eigenvalue weighted by Gasteiger charge is 2.14. The number of piperazine rings is 1. The molecule has 1 aliphatic heterocycles. The number of pyridine rings is 1. The van der Waals surface area contributed by atoms with Crippen LogP contribution in [-0.4, -0.2) is 53.9 Å². The van der Waals surface area contributed by atoms with Crippen molar-refractivity contribution in [2.24, 2.45) is 0 Å². The van der Waals surface area contributed by atoms with Crippen LogP contribution >= 0.6 is 0 Å². The summed E-state index contributed by atoms with van der Waals surface area (Å²) in [5.41, 5.74) is 9.44. The molecule has 3 aromatic rings. The van der Waals surface area contributed by atoms with Gasteiger partial charge >= 0.3 is 0 Å². The standard InChI is InChI=1S/C18H19NO.C13H21N3.C2H6/c1-12(2)16-7-5-6-8-17(16)19-18(20)15-10-9-13(3)14(4)11-15;1-11-8-13(9-14-12(11)2)10-16-6-4-15(3)5-7-16;1-2/h5-11H,1H2,2-4H3,(H,19,20);8-9H,4-7,10H2,1-3H3;1-2H3. The molecule has 0 spiro atoms. The minimum atomic E-state index is -0.0956. The van der Waals surface area contributed by atoms with Crippen molar-refractivity contribution in [3.63, 3.8) is 0 Å². The highest BCUT2D eigenvalue weighted by atomic mass is 16.1. The van der Waals surface area contributed by atoms with Gasteiger partial charge in [-0.2, -0.15) is 0 Å². The highest BCUT2D eigenvalue weighted by Crippen LogP contribution is 2.23. The molecule has 1 aromatic heterocycles. The van der Waals surface area contributed by atoms with Gasteiger partial charge in [-0.3, -0.25) is 14.7 Å². The van der Waals surface area contributed by atoms with E-state index < -0.39 is 0 Å². The summed E-state index contributed by atoms with van der Waals surface area (Å²) in [6.45, 7) is 23.9. The van der Waals surface area contributed by atoms with E-state index in [1.54, 1.807) is 0 Å². The van der Waals surface area contributed by atoms with Crippen LogP contribution in [0, 0.1) is 27.7 Å². The molecule has 0 aliphatic carbocycles. The van der Waals surface area contributed by atoms with E-state index >= 15 is 0 Å². The molecule has 1 N–H and O–H groups in total. The second kappa shape index (κ2) is 15.2. The number of allylic oxidation sites excluding steroid dienone is 1. The number of carbonyl (C=O) groups excluding carboxylic acids is 1. The number of aromatic nitrogens is 1. The van der Waals surface area contributed by atoms with E-state index in [9.17, 15) is 4.79 Å². The molecule has 0 bridgehead atoms. The number of rotatable bonds is 5. The topological polar surface area (TPSA) is 48.5 Å². The van der Waals surface area contributed by atoms with Gasteiger partial charge in [0.05, 0.1) is 0 Å². The van der Waals surface area contributed by atoms with Crippen molar-refractivity contribution in [2.45, 2.75) is 55.0 Å². The maximum Gasteiger partial charge on any atom is 0.255 e. The van der Waals surface area contributed by atoms with Crippen molar-refractivity contribution in [1.29, 1.82) is 0 Å². The number of amides is 1. The largest absolute Gasteiger partial charge is 0.321 e.